The predicted octanol–water partition coefficient (Wildman–Crippen LogP) is 5.59. The number of halogens is 3. The highest BCUT2D eigenvalue weighted by molar-refractivity contribution is 7.11. The van der Waals surface area contributed by atoms with Crippen LogP contribution in [-0.2, 0) is 12.7 Å². The van der Waals surface area contributed by atoms with Gasteiger partial charge in [0.1, 0.15) is 16.6 Å². The summed E-state index contributed by atoms with van der Waals surface area (Å²) in [5.74, 6) is 0.0461. The van der Waals surface area contributed by atoms with Crippen LogP contribution in [0.3, 0.4) is 0 Å². The quantitative estimate of drug-likeness (QED) is 0.584. The number of hydrogen-bond acceptors (Lipinski definition) is 4. The molecule has 2 aromatic carbocycles. The van der Waals surface area contributed by atoms with Crippen molar-refractivity contribution in [2.45, 2.75) is 12.7 Å². The van der Waals surface area contributed by atoms with Crippen LogP contribution in [-0.4, -0.2) is 27.4 Å². The molecule has 2 N–H and O–H groups in total. The second-order valence-corrected chi connectivity index (χ2v) is 7.49. The van der Waals surface area contributed by atoms with Gasteiger partial charge in [-0.15, -0.1) is 11.3 Å². The summed E-state index contributed by atoms with van der Waals surface area (Å²) in [5, 5.41) is 21.2. The van der Waals surface area contributed by atoms with Crippen molar-refractivity contribution in [1.82, 2.24) is 9.88 Å². The minimum absolute atomic E-state index is 0.00376. The molecule has 0 fully saturated rings. The molecule has 4 nitrogen and oxygen atoms in total. The molecule has 2 heterocycles. The van der Waals surface area contributed by atoms with Gasteiger partial charge in [0.25, 0.3) is 0 Å². The number of aromatic nitrogens is 1. The van der Waals surface area contributed by atoms with Crippen molar-refractivity contribution in [1.29, 1.82) is 5.41 Å². The van der Waals surface area contributed by atoms with Crippen molar-refractivity contribution < 1.29 is 18.3 Å². The Morgan fingerprint density at radius 1 is 1.10 bits per heavy atom. The molecule has 3 aromatic rings. The van der Waals surface area contributed by atoms with E-state index in [1.54, 1.807) is 6.07 Å². The molecule has 0 bridgehead atoms. The Morgan fingerprint density at radius 3 is 2.59 bits per heavy atom. The van der Waals surface area contributed by atoms with Gasteiger partial charge in [-0.3, -0.25) is 5.41 Å². The summed E-state index contributed by atoms with van der Waals surface area (Å²) >= 11 is 1.32. The van der Waals surface area contributed by atoms with Gasteiger partial charge in [-0.1, -0.05) is 42.5 Å². The number of nitrogens with zero attached hydrogens (tertiary/aromatic N) is 2. The average Bonchev–Trinajstić information content (AvgIpc) is 3.27. The van der Waals surface area contributed by atoms with Crippen molar-refractivity contribution in [2.75, 3.05) is 6.54 Å². The number of thiazole rings is 1. The highest BCUT2D eigenvalue weighted by Crippen LogP contribution is 2.34. The van der Waals surface area contributed by atoms with Crippen LogP contribution in [0, 0.1) is 5.41 Å². The third-order valence-electron chi connectivity index (χ3n) is 4.60. The van der Waals surface area contributed by atoms with Gasteiger partial charge in [-0.25, -0.2) is 4.98 Å². The number of aliphatic hydroxyl groups excluding tert-OH is 1. The molecular formula is C21H16F3N3OS. The largest absolute Gasteiger partial charge is 0.510 e. The van der Waals surface area contributed by atoms with Gasteiger partial charge in [-0.2, -0.15) is 13.2 Å². The average molecular weight is 415 g/mol. The molecule has 4 rings (SSSR count). The summed E-state index contributed by atoms with van der Waals surface area (Å²) in [4.78, 5) is 6.07. The maximum absolute atomic E-state index is 12.9. The molecule has 1 aromatic heterocycles. The third kappa shape index (κ3) is 3.88. The fourth-order valence-corrected chi connectivity index (χ4v) is 4.09. The third-order valence-corrected chi connectivity index (χ3v) is 5.46. The summed E-state index contributed by atoms with van der Waals surface area (Å²) in [6.45, 7) is 0.151. The Balaban J connectivity index is 1.54. The van der Waals surface area contributed by atoms with E-state index in [2.05, 4.69) is 4.98 Å². The second-order valence-electron chi connectivity index (χ2n) is 6.63. The van der Waals surface area contributed by atoms with Crippen LogP contribution >= 0.6 is 11.3 Å². The molecule has 1 aliphatic rings. The van der Waals surface area contributed by atoms with Crippen LogP contribution in [0.15, 0.2) is 65.7 Å². The molecule has 148 valence electrons. The Hall–Kier alpha value is -3.13. The van der Waals surface area contributed by atoms with E-state index in [-0.39, 0.29) is 24.7 Å². The molecule has 0 radical (unpaired) electrons. The summed E-state index contributed by atoms with van der Waals surface area (Å²) in [6, 6.07) is 14.6. The van der Waals surface area contributed by atoms with Crippen LogP contribution in [0.5, 0.6) is 0 Å². The first-order valence-electron chi connectivity index (χ1n) is 8.76. The van der Waals surface area contributed by atoms with E-state index in [1.165, 1.54) is 22.3 Å². The fourth-order valence-electron chi connectivity index (χ4n) is 3.19. The highest BCUT2D eigenvalue weighted by atomic mass is 32.1. The van der Waals surface area contributed by atoms with Crippen LogP contribution in [0.2, 0.25) is 0 Å². The minimum atomic E-state index is -4.42. The first-order valence-corrected chi connectivity index (χ1v) is 9.64. The van der Waals surface area contributed by atoms with Crippen molar-refractivity contribution >= 4 is 22.7 Å². The number of hydrogen-bond donors (Lipinski definition) is 2. The van der Waals surface area contributed by atoms with E-state index in [0.29, 0.717) is 16.1 Å². The van der Waals surface area contributed by atoms with Gasteiger partial charge in [-0.05, 0) is 17.7 Å². The maximum atomic E-state index is 12.9. The van der Waals surface area contributed by atoms with Crippen LogP contribution in [0.25, 0.3) is 16.8 Å². The number of rotatable bonds is 4. The van der Waals surface area contributed by atoms with Crippen molar-refractivity contribution in [3.05, 3.63) is 81.9 Å². The van der Waals surface area contributed by atoms with E-state index in [1.807, 2.05) is 35.7 Å². The lowest BCUT2D eigenvalue weighted by molar-refractivity contribution is -0.137. The van der Waals surface area contributed by atoms with E-state index in [9.17, 15) is 18.3 Å². The number of benzene rings is 2. The van der Waals surface area contributed by atoms with Gasteiger partial charge >= 0.3 is 6.18 Å². The molecule has 0 amide bonds. The lowest BCUT2D eigenvalue weighted by atomic mass is 10.1. The topological polar surface area (TPSA) is 60.2 Å². The van der Waals surface area contributed by atoms with Crippen molar-refractivity contribution in [2.24, 2.45) is 0 Å². The molecule has 0 saturated heterocycles. The molecule has 1 aliphatic heterocycles. The zero-order valence-electron chi connectivity index (χ0n) is 15.1. The monoisotopic (exact) mass is 415 g/mol. The minimum Gasteiger partial charge on any atom is -0.510 e. The van der Waals surface area contributed by atoms with Gasteiger partial charge in [0.05, 0.1) is 23.4 Å². The molecule has 8 heteroatoms. The highest BCUT2D eigenvalue weighted by Gasteiger charge is 2.32. The lowest BCUT2D eigenvalue weighted by Gasteiger charge is -2.19. The van der Waals surface area contributed by atoms with Gasteiger partial charge in [0.15, 0.2) is 0 Å². The summed E-state index contributed by atoms with van der Waals surface area (Å²) in [5.41, 5.74) is 1.69. The zero-order valence-corrected chi connectivity index (χ0v) is 15.9. The van der Waals surface area contributed by atoms with Crippen LogP contribution in [0.4, 0.5) is 13.2 Å². The molecule has 0 saturated carbocycles. The van der Waals surface area contributed by atoms with E-state index < -0.39 is 11.7 Å². The zero-order chi connectivity index (χ0) is 20.6. The van der Waals surface area contributed by atoms with Gasteiger partial charge in [0, 0.05) is 17.5 Å². The van der Waals surface area contributed by atoms with Crippen LogP contribution in [0.1, 0.15) is 16.1 Å². The first kappa shape index (κ1) is 19.2. The Labute approximate surface area is 169 Å². The number of amidine groups is 1. The SMILES string of the molecule is N=C1C(c2nc(-c3ccccc3)cs2)=C(O)CN1Cc1cccc(C(F)(F)F)c1. The fraction of sp³-hybridized carbons (Fsp3) is 0.143. The molecule has 0 aliphatic carbocycles. The number of aliphatic hydroxyl groups is 1. The van der Waals surface area contributed by atoms with Gasteiger partial charge < -0.3 is 10.0 Å². The van der Waals surface area contributed by atoms with E-state index in [4.69, 9.17) is 5.41 Å². The van der Waals surface area contributed by atoms with E-state index >= 15 is 0 Å². The normalized spacial score (nSPS) is 14.7. The Kier molecular flexibility index (Phi) is 4.87. The second kappa shape index (κ2) is 7.36. The molecule has 29 heavy (non-hydrogen) atoms. The summed E-state index contributed by atoms with van der Waals surface area (Å²) < 4.78 is 38.8. The first-order chi connectivity index (χ1) is 13.8. The smallest absolute Gasteiger partial charge is 0.416 e. The van der Waals surface area contributed by atoms with Crippen LogP contribution < -0.4 is 0 Å². The molecular weight excluding hydrogens is 399 g/mol. The maximum Gasteiger partial charge on any atom is 0.416 e. The molecule has 0 spiro atoms. The standard InChI is InChI=1S/C21H16F3N3OS/c22-21(23,24)15-8-4-5-13(9-15)10-27-11-17(28)18(19(27)25)20-26-16(12-29-20)14-6-2-1-3-7-14/h1-9,12,25,28H,10-11H2. The van der Waals surface area contributed by atoms with E-state index in [0.717, 1.165) is 23.4 Å². The summed E-state index contributed by atoms with van der Waals surface area (Å²) in [6.07, 6.45) is -4.42. The Bertz CT molecular complexity index is 1090. The lowest BCUT2D eigenvalue weighted by Crippen LogP contribution is -2.26. The molecule has 0 unspecified atom stereocenters. The summed E-state index contributed by atoms with van der Waals surface area (Å²) in [7, 11) is 0. The van der Waals surface area contributed by atoms with Crippen molar-refractivity contribution in [3.63, 3.8) is 0 Å². The van der Waals surface area contributed by atoms with Crippen molar-refractivity contribution in [3.8, 4) is 11.3 Å². The molecule has 0 atom stereocenters. The predicted molar refractivity (Wildman–Crippen MR) is 107 cm³/mol. The number of nitrogens with one attached hydrogen (secondary N) is 1. The number of alkyl halides is 3. The Morgan fingerprint density at radius 2 is 1.86 bits per heavy atom. The van der Waals surface area contributed by atoms with Gasteiger partial charge in [0.2, 0.25) is 0 Å².